The fourth-order valence-electron chi connectivity index (χ4n) is 2.45. The predicted molar refractivity (Wildman–Crippen MR) is 78.4 cm³/mol. The van der Waals surface area contributed by atoms with E-state index in [1.807, 2.05) is 36.4 Å². The van der Waals surface area contributed by atoms with Crippen molar-refractivity contribution in [1.82, 2.24) is 4.31 Å². The van der Waals surface area contributed by atoms with Crippen LogP contribution in [0.4, 0.5) is 0 Å². The molecular formula is C15H15NO3S. The normalized spacial score (nSPS) is 15.8. The Morgan fingerprint density at radius 2 is 1.65 bits per heavy atom. The summed E-state index contributed by atoms with van der Waals surface area (Å²) in [5, 5.41) is 1.50. The summed E-state index contributed by atoms with van der Waals surface area (Å²) in [5.41, 5.74) is 0. The standard InChI is InChI=1S/C15H15NO3S/c1-19-14-8-4-7-13-12(14)6-5-9-15(13)20(17,18)16-10-2-3-11-16/h2-9H,10-11H2,1H3. The van der Waals surface area contributed by atoms with Gasteiger partial charge in [-0.15, -0.1) is 0 Å². The highest BCUT2D eigenvalue weighted by molar-refractivity contribution is 7.89. The summed E-state index contributed by atoms with van der Waals surface area (Å²) in [7, 11) is -1.89. The smallest absolute Gasteiger partial charge is 0.244 e. The number of ether oxygens (including phenoxy) is 1. The molecule has 20 heavy (non-hydrogen) atoms. The second-order valence-corrected chi connectivity index (χ2v) is 6.51. The van der Waals surface area contributed by atoms with Gasteiger partial charge in [-0.2, -0.15) is 4.31 Å². The second kappa shape index (κ2) is 4.92. The molecule has 0 unspecified atom stereocenters. The lowest BCUT2D eigenvalue weighted by Gasteiger charge is -2.17. The molecule has 0 saturated carbocycles. The summed E-state index contributed by atoms with van der Waals surface area (Å²) in [5.74, 6) is 0.680. The Morgan fingerprint density at radius 3 is 2.35 bits per heavy atom. The van der Waals surface area contributed by atoms with Gasteiger partial charge in [-0.25, -0.2) is 8.42 Å². The zero-order valence-corrected chi connectivity index (χ0v) is 11.9. The SMILES string of the molecule is COc1cccc2c(S(=O)(=O)N3CC=CC3)cccc12. The van der Waals surface area contributed by atoms with Crippen LogP contribution in [-0.4, -0.2) is 32.9 Å². The molecule has 1 aliphatic rings. The molecule has 0 aromatic heterocycles. The molecule has 2 aromatic carbocycles. The first-order valence-electron chi connectivity index (χ1n) is 6.35. The Hall–Kier alpha value is -1.85. The molecule has 0 aliphatic carbocycles. The van der Waals surface area contributed by atoms with Crippen molar-refractivity contribution in [2.75, 3.05) is 20.2 Å². The average molecular weight is 289 g/mol. The first-order valence-corrected chi connectivity index (χ1v) is 7.79. The lowest BCUT2D eigenvalue weighted by molar-refractivity contribution is 0.420. The van der Waals surface area contributed by atoms with Gasteiger partial charge in [0.1, 0.15) is 5.75 Å². The predicted octanol–water partition coefficient (Wildman–Crippen LogP) is 2.41. The largest absolute Gasteiger partial charge is 0.496 e. The molecule has 1 heterocycles. The number of fused-ring (bicyclic) bond motifs is 1. The molecule has 0 saturated heterocycles. The summed E-state index contributed by atoms with van der Waals surface area (Å²) >= 11 is 0. The maximum Gasteiger partial charge on any atom is 0.244 e. The summed E-state index contributed by atoms with van der Waals surface area (Å²) in [6.45, 7) is 0.866. The van der Waals surface area contributed by atoms with Crippen molar-refractivity contribution in [2.24, 2.45) is 0 Å². The number of sulfonamides is 1. The number of nitrogens with zero attached hydrogens (tertiary/aromatic N) is 1. The molecule has 2 aromatic rings. The Labute approximate surface area is 118 Å². The van der Waals surface area contributed by atoms with Crippen LogP contribution in [-0.2, 0) is 10.0 Å². The lowest BCUT2D eigenvalue weighted by Crippen LogP contribution is -2.28. The molecule has 1 aliphatic heterocycles. The van der Waals surface area contributed by atoms with Crippen molar-refractivity contribution in [1.29, 1.82) is 0 Å². The van der Waals surface area contributed by atoms with Crippen LogP contribution in [0.5, 0.6) is 5.75 Å². The topological polar surface area (TPSA) is 46.6 Å². The van der Waals surface area contributed by atoms with Crippen molar-refractivity contribution in [3.8, 4) is 5.75 Å². The number of rotatable bonds is 3. The summed E-state index contributed by atoms with van der Waals surface area (Å²) in [6, 6.07) is 10.7. The van der Waals surface area contributed by atoms with Gasteiger partial charge in [-0.1, -0.05) is 36.4 Å². The zero-order valence-electron chi connectivity index (χ0n) is 11.1. The first kappa shape index (κ1) is 13.1. The minimum Gasteiger partial charge on any atom is -0.496 e. The molecule has 104 valence electrons. The van der Waals surface area contributed by atoms with Gasteiger partial charge in [0.2, 0.25) is 10.0 Å². The second-order valence-electron chi connectivity index (χ2n) is 4.60. The van der Waals surface area contributed by atoms with Gasteiger partial charge in [0, 0.05) is 23.9 Å². The van der Waals surface area contributed by atoms with Gasteiger partial charge >= 0.3 is 0 Å². The zero-order chi connectivity index (χ0) is 14.2. The summed E-state index contributed by atoms with van der Waals surface area (Å²) < 4.78 is 32.1. The van der Waals surface area contributed by atoms with Gasteiger partial charge in [0.25, 0.3) is 0 Å². The molecule has 3 rings (SSSR count). The molecule has 0 spiro atoms. The molecule has 0 fully saturated rings. The van der Waals surface area contributed by atoms with Crippen LogP contribution in [0.1, 0.15) is 0 Å². The number of benzene rings is 2. The van der Waals surface area contributed by atoms with Gasteiger partial charge < -0.3 is 4.74 Å². The molecule has 4 nitrogen and oxygen atoms in total. The summed E-state index contributed by atoms with van der Waals surface area (Å²) in [4.78, 5) is 0.331. The third-order valence-electron chi connectivity index (χ3n) is 3.46. The van der Waals surface area contributed by atoms with E-state index in [1.165, 1.54) is 4.31 Å². The quantitative estimate of drug-likeness (QED) is 0.815. The molecule has 0 bridgehead atoms. The van der Waals surface area contributed by atoms with E-state index >= 15 is 0 Å². The molecule has 0 atom stereocenters. The Morgan fingerprint density at radius 1 is 1.00 bits per heavy atom. The van der Waals surface area contributed by atoms with Crippen LogP contribution in [0, 0.1) is 0 Å². The van der Waals surface area contributed by atoms with Crippen molar-refractivity contribution >= 4 is 20.8 Å². The fraction of sp³-hybridized carbons (Fsp3) is 0.200. The maximum absolute atomic E-state index is 12.7. The molecular weight excluding hydrogens is 274 g/mol. The van der Waals surface area contributed by atoms with E-state index in [-0.39, 0.29) is 0 Å². The lowest BCUT2D eigenvalue weighted by atomic mass is 10.1. The van der Waals surface area contributed by atoms with E-state index in [2.05, 4.69) is 0 Å². The Kier molecular flexibility index (Phi) is 3.23. The maximum atomic E-state index is 12.7. The van der Waals surface area contributed by atoms with Gasteiger partial charge in [0.15, 0.2) is 0 Å². The molecule has 0 amide bonds. The van der Waals surface area contributed by atoms with Crippen LogP contribution < -0.4 is 4.74 Å². The highest BCUT2D eigenvalue weighted by atomic mass is 32.2. The first-order chi connectivity index (χ1) is 9.64. The van der Waals surface area contributed by atoms with Crippen molar-refractivity contribution in [3.63, 3.8) is 0 Å². The van der Waals surface area contributed by atoms with E-state index < -0.39 is 10.0 Å². The number of methoxy groups -OCH3 is 1. The minimum absolute atomic E-state index is 0.331. The highest BCUT2D eigenvalue weighted by Crippen LogP contribution is 2.31. The third-order valence-corrected chi connectivity index (χ3v) is 5.35. The van der Waals surface area contributed by atoms with Gasteiger partial charge in [0.05, 0.1) is 12.0 Å². The molecule has 0 N–H and O–H groups in total. The average Bonchev–Trinajstić information content (AvgIpc) is 3.00. The third kappa shape index (κ3) is 1.99. The van der Waals surface area contributed by atoms with Crippen LogP contribution in [0.25, 0.3) is 10.8 Å². The Bertz CT molecular complexity index is 773. The van der Waals surface area contributed by atoms with E-state index in [0.29, 0.717) is 29.1 Å². The molecule has 5 heteroatoms. The van der Waals surface area contributed by atoms with E-state index in [9.17, 15) is 8.42 Å². The van der Waals surface area contributed by atoms with E-state index in [0.717, 1.165) is 5.39 Å². The fourth-order valence-corrected chi connectivity index (χ4v) is 4.00. The van der Waals surface area contributed by atoms with Gasteiger partial charge in [-0.05, 0) is 12.1 Å². The minimum atomic E-state index is -3.48. The summed E-state index contributed by atoms with van der Waals surface area (Å²) in [6.07, 6.45) is 3.73. The van der Waals surface area contributed by atoms with Crippen LogP contribution >= 0.6 is 0 Å². The number of hydrogen-bond donors (Lipinski definition) is 0. The highest BCUT2D eigenvalue weighted by Gasteiger charge is 2.26. The van der Waals surface area contributed by atoms with E-state index in [4.69, 9.17) is 4.74 Å². The van der Waals surface area contributed by atoms with Crippen LogP contribution in [0.15, 0.2) is 53.4 Å². The van der Waals surface area contributed by atoms with E-state index in [1.54, 1.807) is 19.2 Å². The van der Waals surface area contributed by atoms with Crippen molar-refractivity contribution < 1.29 is 13.2 Å². The Balaban J connectivity index is 2.22. The molecule has 0 radical (unpaired) electrons. The number of hydrogen-bond acceptors (Lipinski definition) is 3. The van der Waals surface area contributed by atoms with Gasteiger partial charge in [-0.3, -0.25) is 0 Å². The van der Waals surface area contributed by atoms with Crippen molar-refractivity contribution in [2.45, 2.75) is 4.90 Å². The monoisotopic (exact) mass is 289 g/mol. The van der Waals surface area contributed by atoms with Crippen molar-refractivity contribution in [3.05, 3.63) is 48.6 Å². The van der Waals surface area contributed by atoms with Crippen LogP contribution in [0.3, 0.4) is 0 Å². The van der Waals surface area contributed by atoms with Crippen LogP contribution in [0.2, 0.25) is 0 Å².